The number of carbonyl (C=O) groups excluding carboxylic acids is 1. The van der Waals surface area contributed by atoms with Crippen LogP contribution in [0.3, 0.4) is 0 Å². The second-order valence-corrected chi connectivity index (χ2v) is 17.5. The molecular formula is C44H86NO7P. The summed E-state index contributed by atoms with van der Waals surface area (Å²) < 4.78 is 34.6. The van der Waals surface area contributed by atoms with E-state index >= 15 is 0 Å². The molecule has 0 rings (SSSR count). The van der Waals surface area contributed by atoms with Crippen LogP contribution in [0.25, 0.3) is 0 Å². The Bertz CT molecular complexity index is 905. The minimum absolute atomic E-state index is 0.0251. The maximum absolute atomic E-state index is 12.7. The van der Waals surface area contributed by atoms with Gasteiger partial charge in [0.1, 0.15) is 19.3 Å². The zero-order chi connectivity index (χ0) is 39.1. The van der Waals surface area contributed by atoms with Gasteiger partial charge in [-0.05, 0) is 38.5 Å². The van der Waals surface area contributed by atoms with Crippen LogP contribution in [0.2, 0.25) is 0 Å². The number of carbonyl (C=O) groups is 1. The average molecular weight is 772 g/mol. The van der Waals surface area contributed by atoms with Crippen molar-refractivity contribution >= 4 is 13.8 Å². The summed E-state index contributed by atoms with van der Waals surface area (Å²) in [4.78, 5) is 25.0. The maximum Gasteiger partial charge on any atom is 0.306 e. The van der Waals surface area contributed by atoms with Crippen LogP contribution in [0.15, 0.2) is 24.3 Å². The molecule has 0 aliphatic rings. The summed E-state index contributed by atoms with van der Waals surface area (Å²) >= 11 is 0. The van der Waals surface area contributed by atoms with Crippen LogP contribution in [0.1, 0.15) is 194 Å². The van der Waals surface area contributed by atoms with E-state index in [1.165, 1.54) is 116 Å². The van der Waals surface area contributed by atoms with Gasteiger partial charge in [-0.2, -0.15) is 0 Å². The Kier molecular flexibility index (Phi) is 37.2. The molecule has 314 valence electrons. The lowest BCUT2D eigenvalue weighted by Gasteiger charge is -2.28. The van der Waals surface area contributed by atoms with Crippen molar-refractivity contribution in [1.82, 2.24) is 0 Å². The molecule has 0 radical (unpaired) electrons. The lowest BCUT2D eigenvalue weighted by molar-refractivity contribution is -0.870. The molecular weight excluding hydrogens is 685 g/mol. The first-order valence-electron chi connectivity index (χ1n) is 22.1. The molecule has 0 fully saturated rings. The summed E-state index contributed by atoms with van der Waals surface area (Å²) in [5.74, 6) is -0.346. The summed E-state index contributed by atoms with van der Waals surface area (Å²) in [6.45, 7) is 5.38. The molecule has 0 N–H and O–H groups in total. The molecule has 53 heavy (non-hydrogen) atoms. The smallest absolute Gasteiger partial charge is 0.306 e. The Labute approximate surface area is 328 Å². The van der Waals surface area contributed by atoms with Gasteiger partial charge >= 0.3 is 5.97 Å². The van der Waals surface area contributed by atoms with Crippen molar-refractivity contribution in [3.8, 4) is 0 Å². The molecule has 0 spiro atoms. The summed E-state index contributed by atoms with van der Waals surface area (Å²) in [5.41, 5.74) is 0. The molecule has 0 aromatic rings. The minimum Gasteiger partial charge on any atom is -0.756 e. The molecule has 0 aliphatic heterocycles. The van der Waals surface area contributed by atoms with Crippen LogP contribution >= 0.6 is 7.82 Å². The lowest BCUT2D eigenvalue weighted by atomic mass is 10.0. The zero-order valence-electron chi connectivity index (χ0n) is 35.5. The fraction of sp³-hybridized carbons (Fsp3) is 0.886. The third-order valence-corrected chi connectivity index (χ3v) is 10.5. The second kappa shape index (κ2) is 37.9. The van der Waals surface area contributed by atoms with E-state index in [2.05, 4.69) is 38.2 Å². The zero-order valence-corrected chi connectivity index (χ0v) is 36.4. The average Bonchev–Trinajstić information content (AvgIpc) is 3.11. The highest BCUT2D eigenvalue weighted by molar-refractivity contribution is 7.45. The van der Waals surface area contributed by atoms with Crippen molar-refractivity contribution in [2.45, 2.75) is 200 Å². The van der Waals surface area contributed by atoms with Crippen LogP contribution in [0, 0.1) is 0 Å². The first-order valence-corrected chi connectivity index (χ1v) is 23.5. The van der Waals surface area contributed by atoms with Gasteiger partial charge in [0.15, 0.2) is 0 Å². The normalized spacial score (nSPS) is 14.0. The number of esters is 1. The minimum atomic E-state index is -4.52. The Balaban J connectivity index is 4.22. The van der Waals surface area contributed by atoms with Crippen LogP contribution in [0.5, 0.6) is 0 Å². The van der Waals surface area contributed by atoms with Crippen LogP contribution < -0.4 is 4.89 Å². The Morgan fingerprint density at radius 2 is 1.06 bits per heavy atom. The van der Waals surface area contributed by atoms with Gasteiger partial charge in [0.25, 0.3) is 7.82 Å². The Hall–Kier alpha value is -1.02. The number of quaternary nitrogens is 1. The van der Waals surface area contributed by atoms with Gasteiger partial charge in [-0.3, -0.25) is 9.36 Å². The molecule has 0 amide bonds. The highest BCUT2D eigenvalue weighted by Crippen LogP contribution is 2.38. The number of ether oxygens (including phenoxy) is 2. The summed E-state index contributed by atoms with van der Waals surface area (Å²) in [7, 11) is 1.35. The van der Waals surface area contributed by atoms with E-state index < -0.39 is 13.9 Å². The Morgan fingerprint density at radius 3 is 1.58 bits per heavy atom. The molecule has 0 aromatic carbocycles. The van der Waals surface area contributed by atoms with Crippen molar-refractivity contribution in [1.29, 1.82) is 0 Å². The number of hydrogen-bond acceptors (Lipinski definition) is 7. The van der Waals surface area contributed by atoms with E-state index in [1.807, 2.05) is 21.1 Å². The van der Waals surface area contributed by atoms with Crippen LogP contribution in [0.4, 0.5) is 0 Å². The number of nitrogens with zero attached hydrogens (tertiary/aromatic N) is 1. The maximum atomic E-state index is 12.7. The fourth-order valence-corrected chi connectivity index (χ4v) is 6.76. The molecule has 0 saturated heterocycles. The lowest BCUT2D eigenvalue weighted by Crippen LogP contribution is -2.37. The monoisotopic (exact) mass is 772 g/mol. The number of unbranched alkanes of at least 4 members (excludes halogenated alkanes) is 23. The van der Waals surface area contributed by atoms with Gasteiger partial charge in [0.2, 0.25) is 0 Å². The van der Waals surface area contributed by atoms with Crippen molar-refractivity contribution in [2.75, 3.05) is 54.1 Å². The molecule has 8 nitrogen and oxygen atoms in total. The number of rotatable bonds is 41. The molecule has 0 aliphatic carbocycles. The van der Waals surface area contributed by atoms with E-state index in [9.17, 15) is 14.3 Å². The largest absolute Gasteiger partial charge is 0.756 e. The first kappa shape index (κ1) is 52.0. The predicted octanol–water partition coefficient (Wildman–Crippen LogP) is 12.2. The molecule has 0 heterocycles. The first-order chi connectivity index (χ1) is 25.6. The number of phosphoric ester groups is 1. The number of likely N-dealkylation sites (N-methyl/N-ethyl adjacent to an activating group) is 1. The number of allylic oxidation sites excluding steroid dienone is 4. The summed E-state index contributed by atoms with van der Waals surface area (Å²) in [5, 5.41) is 0. The van der Waals surface area contributed by atoms with E-state index in [0.717, 1.165) is 57.8 Å². The SMILES string of the molecule is CCCC/C=C\C/C=C\CCCCCCCC(=O)OC(COCCCCCCCCCCCCCCCCCCC)COP(=O)([O-])OCC[N+](C)(C)C. The fourth-order valence-electron chi connectivity index (χ4n) is 6.03. The predicted molar refractivity (Wildman–Crippen MR) is 222 cm³/mol. The topological polar surface area (TPSA) is 94.1 Å². The Morgan fingerprint density at radius 1 is 0.585 bits per heavy atom. The van der Waals surface area contributed by atoms with E-state index in [4.69, 9.17) is 18.5 Å². The highest BCUT2D eigenvalue weighted by Gasteiger charge is 2.20. The molecule has 0 bridgehead atoms. The summed E-state index contributed by atoms with van der Waals surface area (Å²) in [6, 6.07) is 0. The van der Waals surface area contributed by atoms with E-state index in [1.54, 1.807) is 0 Å². The van der Waals surface area contributed by atoms with Crippen molar-refractivity contribution in [2.24, 2.45) is 0 Å². The third-order valence-electron chi connectivity index (χ3n) is 9.51. The van der Waals surface area contributed by atoms with Gasteiger partial charge < -0.3 is 27.9 Å². The van der Waals surface area contributed by atoms with Gasteiger partial charge in [-0.15, -0.1) is 0 Å². The summed E-state index contributed by atoms with van der Waals surface area (Å²) in [6.07, 6.45) is 41.8. The van der Waals surface area contributed by atoms with Crippen LogP contribution in [-0.2, 0) is 27.9 Å². The molecule has 2 unspecified atom stereocenters. The number of hydrogen-bond donors (Lipinski definition) is 0. The van der Waals surface area contributed by atoms with Gasteiger partial charge in [-0.25, -0.2) is 0 Å². The number of phosphoric acid groups is 1. The van der Waals surface area contributed by atoms with Crippen molar-refractivity contribution < 1.29 is 37.3 Å². The molecule has 0 aromatic heterocycles. The van der Waals surface area contributed by atoms with E-state index in [0.29, 0.717) is 24.1 Å². The molecule has 0 saturated carbocycles. The van der Waals surface area contributed by atoms with Gasteiger partial charge in [0.05, 0.1) is 34.4 Å². The van der Waals surface area contributed by atoms with Crippen molar-refractivity contribution in [3.63, 3.8) is 0 Å². The van der Waals surface area contributed by atoms with E-state index in [-0.39, 0.29) is 25.8 Å². The highest BCUT2D eigenvalue weighted by atomic mass is 31.2. The van der Waals surface area contributed by atoms with Crippen molar-refractivity contribution in [3.05, 3.63) is 24.3 Å². The molecule has 9 heteroatoms. The quantitative estimate of drug-likeness (QED) is 0.0201. The van der Waals surface area contributed by atoms with Crippen LogP contribution in [-0.4, -0.2) is 70.7 Å². The second-order valence-electron chi connectivity index (χ2n) is 16.1. The molecule has 2 atom stereocenters. The third kappa shape index (κ3) is 42.0. The van der Waals surface area contributed by atoms with Gasteiger partial charge in [0, 0.05) is 13.0 Å². The standard InChI is InChI=1S/C44H86NO7P/c1-6-8-10-12-14-16-18-20-22-23-24-26-28-30-32-34-36-39-49-41-43(42-51-53(47,48)50-40-38-45(3,4)5)52-44(46)37-35-33-31-29-27-25-21-19-17-15-13-11-9-7-2/h13,15,19,21,43H,6-12,14,16-18,20,22-42H2,1-5H3/b15-13-,21-19-. The van der Waals surface area contributed by atoms with Gasteiger partial charge in [-0.1, -0.05) is 173 Å².